The molecule has 0 bridgehead atoms. The van der Waals surface area contributed by atoms with Gasteiger partial charge in [0.1, 0.15) is 17.9 Å². The van der Waals surface area contributed by atoms with Crippen molar-refractivity contribution in [1.29, 1.82) is 0 Å². The summed E-state index contributed by atoms with van der Waals surface area (Å²) >= 11 is 0. The molecule has 1 aromatic carbocycles. The van der Waals surface area contributed by atoms with E-state index in [2.05, 4.69) is 42.6 Å². The van der Waals surface area contributed by atoms with E-state index in [9.17, 15) is 9.59 Å². The second-order valence-corrected chi connectivity index (χ2v) is 9.30. The molecule has 1 aliphatic rings. The second-order valence-electron chi connectivity index (χ2n) is 9.30. The van der Waals surface area contributed by atoms with E-state index < -0.39 is 0 Å². The Balaban J connectivity index is 1.46. The number of para-hydroxylation sites is 1. The van der Waals surface area contributed by atoms with Crippen LogP contribution in [0.1, 0.15) is 52.5 Å². The van der Waals surface area contributed by atoms with Crippen molar-refractivity contribution < 1.29 is 9.53 Å². The number of pyridine rings is 1. The van der Waals surface area contributed by atoms with E-state index in [1.165, 1.54) is 7.11 Å². The number of aromatic nitrogens is 5. The molecule has 0 fully saturated rings. The number of hydrogen-bond acceptors (Lipinski definition) is 5. The average molecular weight is 475 g/mol. The number of carbonyl (C=O) groups is 1. The number of ether oxygens (including phenoxy) is 1. The van der Waals surface area contributed by atoms with Gasteiger partial charge in [-0.2, -0.15) is 0 Å². The molecule has 1 unspecified atom stereocenters. The maximum atomic E-state index is 13.5. The van der Waals surface area contributed by atoms with Crippen molar-refractivity contribution in [2.45, 2.75) is 52.7 Å². The number of benzene rings is 1. The van der Waals surface area contributed by atoms with Gasteiger partial charge >= 0.3 is 0 Å². The summed E-state index contributed by atoms with van der Waals surface area (Å²) < 4.78 is 9.79. The topological polar surface area (TPSA) is 107 Å². The van der Waals surface area contributed by atoms with E-state index in [-0.39, 0.29) is 24.1 Å². The largest absolute Gasteiger partial charge is 0.496 e. The Morgan fingerprint density at radius 1 is 1.31 bits per heavy atom. The molecule has 5 rings (SSSR count). The SMILES string of the molecule is COc1cc(C)[nH]c(=O)c1CNC(=O)c1c(C)n([C@H](C)C2CCc3nncn3C2)c2ccccc12. The fourth-order valence-corrected chi connectivity index (χ4v) is 5.38. The summed E-state index contributed by atoms with van der Waals surface area (Å²) in [5.41, 5.74) is 3.42. The van der Waals surface area contributed by atoms with Gasteiger partial charge in [-0.15, -0.1) is 10.2 Å². The molecule has 0 radical (unpaired) electrons. The number of amides is 1. The molecular weight excluding hydrogens is 444 g/mol. The van der Waals surface area contributed by atoms with Gasteiger partial charge in [0.25, 0.3) is 11.5 Å². The van der Waals surface area contributed by atoms with E-state index in [0.29, 0.717) is 28.5 Å². The van der Waals surface area contributed by atoms with Crippen LogP contribution in [0, 0.1) is 19.8 Å². The van der Waals surface area contributed by atoms with E-state index in [1.54, 1.807) is 19.3 Å². The van der Waals surface area contributed by atoms with Gasteiger partial charge in [-0.1, -0.05) is 18.2 Å². The lowest BCUT2D eigenvalue weighted by atomic mass is 9.92. The molecule has 4 aromatic rings. The highest BCUT2D eigenvalue weighted by Crippen LogP contribution is 2.35. The highest BCUT2D eigenvalue weighted by atomic mass is 16.5. The molecule has 35 heavy (non-hydrogen) atoms. The maximum absolute atomic E-state index is 13.5. The molecule has 0 saturated carbocycles. The van der Waals surface area contributed by atoms with E-state index in [0.717, 1.165) is 41.8 Å². The quantitative estimate of drug-likeness (QED) is 0.446. The van der Waals surface area contributed by atoms with Gasteiger partial charge in [-0.3, -0.25) is 9.59 Å². The van der Waals surface area contributed by atoms with Gasteiger partial charge in [-0.05, 0) is 45.2 Å². The first kappa shape index (κ1) is 22.9. The number of aryl methyl sites for hydroxylation is 2. The van der Waals surface area contributed by atoms with Gasteiger partial charge in [0.05, 0.1) is 24.8 Å². The summed E-state index contributed by atoms with van der Waals surface area (Å²) in [4.78, 5) is 28.7. The number of carbonyl (C=O) groups excluding carboxylic acids is 1. The van der Waals surface area contributed by atoms with Gasteiger partial charge in [-0.25, -0.2) is 0 Å². The predicted octanol–water partition coefficient (Wildman–Crippen LogP) is 3.30. The molecule has 9 nitrogen and oxygen atoms in total. The fourth-order valence-electron chi connectivity index (χ4n) is 5.38. The number of nitrogens with one attached hydrogen (secondary N) is 2. The number of nitrogens with zero attached hydrogens (tertiary/aromatic N) is 4. The molecule has 0 aliphatic carbocycles. The minimum absolute atomic E-state index is 0.0746. The molecule has 0 saturated heterocycles. The van der Waals surface area contributed by atoms with Crippen molar-refractivity contribution in [2.24, 2.45) is 5.92 Å². The first-order valence-corrected chi connectivity index (χ1v) is 11.9. The van der Waals surface area contributed by atoms with Gasteiger partial charge in [0.15, 0.2) is 0 Å². The third kappa shape index (κ3) is 4.00. The number of fused-ring (bicyclic) bond motifs is 2. The Hall–Kier alpha value is -3.88. The number of methoxy groups -OCH3 is 1. The number of aromatic amines is 1. The molecule has 0 spiro atoms. The second kappa shape index (κ2) is 9.05. The first-order chi connectivity index (χ1) is 16.9. The number of rotatable bonds is 6. The summed E-state index contributed by atoms with van der Waals surface area (Å²) in [6.07, 6.45) is 3.71. The van der Waals surface area contributed by atoms with Gasteiger partial charge in [0, 0.05) is 41.3 Å². The lowest BCUT2D eigenvalue weighted by Crippen LogP contribution is -2.29. The zero-order chi connectivity index (χ0) is 24.7. The monoisotopic (exact) mass is 474 g/mol. The van der Waals surface area contributed by atoms with Crippen molar-refractivity contribution in [3.05, 3.63) is 75.4 Å². The van der Waals surface area contributed by atoms with Crippen molar-refractivity contribution >= 4 is 16.8 Å². The predicted molar refractivity (Wildman–Crippen MR) is 133 cm³/mol. The third-order valence-corrected chi connectivity index (χ3v) is 7.21. The van der Waals surface area contributed by atoms with Crippen LogP contribution in [-0.4, -0.2) is 37.3 Å². The van der Waals surface area contributed by atoms with Crippen LogP contribution >= 0.6 is 0 Å². The standard InChI is InChI=1S/C26H30N6O3/c1-15-11-22(35-4)20(25(33)29-15)12-27-26(34)24-17(3)32(21-8-6-5-7-19(21)24)16(2)18-9-10-23-30-28-14-31(23)13-18/h5-8,11,14,16,18H,9-10,12-13H2,1-4H3,(H,27,34)(H,29,33)/t16-,18?/m1/s1. The van der Waals surface area contributed by atoms with Gasteiger partial charge in [0.2, 0.25) is 0 Å². The fraction of sp³-hybridized carbons (Fsp3) is 0.385. The molecular formula is C26H30N6O3. The lowest BCUT2D eigenvalue weighted by molar-refractivity contribution is 0.0951. The minimum atomic E-state index is -0.263. The van der Waals surface area contributed by atoms with Crippen molar-refractivity contribution in [3.8, 4) is 5.75 Å². The maximum Gasteiger partial charge on any atom is 0.256 e. The average Bonchev–Trinajstić information content (AvgIpc) is 3.43. The van der Waals surface area contributed by atoms with Crippen LogP contribution in [0.25, 0.3) is 10.9 Å². The number of H-pyrrole nitrogens is 1. The lowest BCUT2D eigenvalue weighted by Gasteiger charge is -2.31. The third-order valence-electron chi connectivity index (χ3n) is 7.21. The summed E-state index contributed by atoms with van der Waals surface area (Å²) in [5, 5.41) is 12.1. The molecule has 1 amide bonds. The molecule has 2 N–H and O–H groups in total. The summed E-state index contributed by atoms with van der Waals surface area (Å²) in [7, 11) is 1.52. The Morgan fingerprint density at radius 2 is 2.11 bits per heavy atom. The molecule has 182 valence electrons. The molecule has 3 aromatic heterocycles. The smallest absolute Gasteiger partial charge is 0.256 e. The molecule has 1 aliphatic heterocycles. The molecule has 4 heterocycles. The van der Waals surface area contributed by atoms with Crippen LogP contribution in [0.4, 0.5) is 0 Å². The minimum Gasteiger partial charge on any atom is -0.496 e. The van der Waals surface area contributed by atoms with Crippen LogP contribution in [0.15, 0.2) is 41.5 Å². The van der Waals surface area contributed by atoms with Crippen molar-refractivity contribution in [1.82, 2.24) is 29.6 Å². The highest BCUT2D eigenvalue weighted by molar-refractivity contribution is 6.08. The van der Waals surface area contributed by atoms with Crippen molar-refractivity contribution in [3.63, 3.8) is 0 Å². The molecule has 2 atom stereocenters. The highest BCUT2D eigenvalue weighted by Gasteiger charge is 2.29. The van der Waals surface area contributed by atoms with Crippen molar-refractivity contribution in [2.75, 3.05) is 7.11 Å². The molecule has 9 heteroatoms. The van der Waals surface area contributed by atoms with Crippen LogP contribution in [0.3, 0.4) is 0 Å². The Morgan fingerprint density at radius 3 is 2.91 bits per heavy atom. The van der Waals surface area contributed by atoms with Crippen LogP contribution in [0.2, 0.25) is 0 Å². The Kier molecular flexibility index (Phi) is 5.92. The summed E-state index contributed by atoms with van der Waals surface area (Å²) in [6.45, 7) is 6.94. The normalized spacial score (nSPS) is 16.2. The van der Waals surface area contributed by atoms with E-state index in [4.69, 9.17) is 4.74 Å². The van der Waals surface area contributed by atoms with Crippen LogP contribution in [-0.2, 0) is 19.5 Å². The summed E-state index contributed by atoms with van der Waals surface area (Å²) in [6, 6.07) is 9.94. The van der Waals surface area contributed by atoms with Gasteiger partial charge < -0.3 is 24.2 Å². The zero-order valence-corrected chi connectivity index (χ0v) is 20.5. The van der Waals surface area contributed by atoms with E-state index in [1.807, 2.05) is 25.1 Å². The van der Waals surface area contributed by atoms with Crippen LogP contribution in [0.5, 0.6) is 5.75 Å². The Labute approximate surface area is 203 Å². The first-order valence-electron chi connectivity index (χ1n) is 11.9. The Bertz CT molecular complexity index is 1460. The van der Waals surface area contributed by atoms with Crippen LogP contribution < -0.4 is 15.6 Å². The summed E-state index contributed by atoms with van der Waals surface area (Å²) in [5.74, 6) is 1.67. The number of hydrogen-bond donors (Lipinski definition) is 2. The van der Waals surface area contributed by atoms with E-state index >= 15 is 0 Å². The zero-order valence-electron chi connectivity index (χ0n) is 20.5.